The molecule has 3 aliphatic rings. The molecule has 2 saturated carbocycles. The third-order valence-corrected chi connectivity index (χ3v) is 9.85. The predicted molar refractivity (Wildman–Crippen MR) is 148 cm³/mol. The second-order valence-corrected chi connectivity index (χ2v) is 12.2. The third kappa shape index (κ3) is 4.13. The summed E-state index contributed by atoms with van der Waals surface area (Å²) >= 11 is 0. The molecule has 1 spiro atoms. The van der Waals surface area contributed by atoms with Crippen molar-refractivity contribution in [1.29, 1.82) is 0 Å². The number of carbonyl (C=O) groups excluding carboxylic acids is 1. The third-order valence-electron chi connectivity index (χ3n) is 9.85. The number of carbonyl (C=O) groups is 1. The van der Waals surface area contributed by atoms with E-state index in [2.05, 4.69) is 50.2 Å². The molecule has 3 atom stereocenters. The Balaban J connectivity index is 1.31. The molecule has 0 aliphatic heterocycles. The van der Waals surface area contributed by atoms with Gasteiger partial charge in [0.25, 0.3) is 0 Å². The minimum atomic E-state index is -0.233. The number of aldehydes is 1. The first kappa shape index (κ1) is 25.2. The van der Waals surface area contributed by atoms with E-state index in [-0.39, 0.29) is 22.6 Å². The molecule has 2 fully saturated rings. The van der Waals surface area contributed by atoms with Crippen molar-refractivity contribution in [2.75, 3.05) is 7.11 Å². The van der Waals surface area contributed by atoms with E-state index >= 15 is 4.39 Å². The van der Waals surface area contributed by atoms with Crippen molar-refractivity contribution in [3.8, 4) is 22.6 Å². The molecule has 38 heavy (non-hydrogen) atoms. The van der Waals surface area contributed by atoms with Gasteiger partial charge < -0.3 is 14.3 Å². The van der Waals surface area contributed by atoms with E-state index in [1.165, 1.54) is 29.2 Å². The van der Waals surface area contributed by atoms with Crippen molar-refractivity contribution in [3.63, 3.8) is 0 Å². The van der Waals surface area contributed by atoms with E-state index in [0.29, 0.717) is 23.8 Å². The number of hydrogen-bond acceptors (Lipinski definition) is 3. The SMILES string of the molecule is COc1ccc(F)c(-c2ccc(COc3ccc4c(c3)[C@]3(CC4)CC[C@H]3C=O)cc2[C@@H]2CCCC2(C)C)c1. The van der Waals surface area contributed by atoms with E-state index in [0.717, 1.165) is 61.7 Å². The smallest absolute Gasteiger partial charge is 0.131 e. The minimum Gasteiger partial charge on any atom is -0.497 e. The zero-order valence-electron chi connectivity index (χ0n) is 22.7. The molecule has 0 bridgehead atoms. The monoisotopic (exact) mass is 512 g/mol. The first-order valence-corrected chi connectivity index (χ1v) is 14.0. The molecule has 4 heteroatoms. The van der Waals surface area contributed by atoms with Crippen LogP contribution >= 0.6 is 0 Å². The van der Waals surface area contributed by atoms with Gasteiger partial charge in [-0.2, -0.15) is 0 Å². The molecule has 3 aromatic rings. The average Bonchev–Trinajstić information content (AvgIpc) is 3.48. The number of rotatable bonds is 7. The molecule has 3 nitrogen and oxygen atoms in total. The number of halogens is 1. The van der Waals surface area contributed by atoms with Gasteiger partial charge in [0, 0.05) is 16.9 Å². The summed E-state index contributed by atoms with van der Waals surface area (Å²) in [5.74, 6) is 1.77. The van der Waals surface area contributed by atoms with Crippen LogP contribution in [0.2, 0.25) is 0 Å². The van der Waals surface area contributed by atoms with Crippen molar-refractivity contribution >= 4 is 6.29 Å². The Hall–Kier alpha value is -3.14. The van der Waals surface area contributed by atoms with Crippen LogP contribution in [0.4, 0.5) is 4.39 Å². The van der Waals surface area contributed by atoms with Crippen LogP contribution in [0.1, 0.15) is 80.5 Å². The lowest BCUT2D eigenvalue weighted by Gasteiger charge is -2.45. The topological polar surface area (TPSA) is 35.5 Å². The number of fused-ring (bicyclic) bond motifs is 2. The molecular formula is C34H37FO3. The van der Waals surface area contributed by atoms with E-state index in [1.54, 1.807) is 19.2 Å². The molecule has 6 rings (SSSR count). The van der Waals surface area contributed by atoms with Gasteiger partial charge in [-0.15, -0.1) is 0 Å². The fourth-order valence-corrected chi connectivity index (χ4v) is 7.47. The molecule has 0 amide bonds. The number of ether oxygens (including phenoxy) is 2. The Labute approximate surface area is 225 Å². The standard InChI is InChI=1S/C34H37FO3/c1-33(2)14-4-5-30(33)28-17-22(6-10-27(28)29-18-25(37-3)9-11-32(29)35)21-38-26-8-7-23-12-15-34(31(23)19-26)16-13-24(34)20-36/h6-11,17-20,24,30H,4-5,12-16,21H2,1-3H3/t24-,30-,34+/m0/s1. The van der Waals surface area contributed by atoms with E-state index in [1.807, 2.05) is 0 Å². The van der Waals surface area contributed by atoms with Gasteiger partial charge in [-0.1, -0.05) is 44.5 Å². The van der Waals surface area contributed by atoms with Crippen LogP contribution in [0.15, 0.2) is 54.6 Å². The molecule has 0 heterocycles. The fraction of sp³-hybridized carbons (Fsp3) is 0.441. The lowest BCUT2D eigenvalue weighted by Crippen LogP contribution is -2.43. The highest BCUT2D eigenvalue weighted by Crippen LogP contribution is 2.56. The Morgan fingerprint density at radius 2 is 1.79 bits per heavy atom. The minimum absolute atomic E-state index is 0.0279. The summed E-state index contributed by atoms with van der Waals surface area (Å²) in [5.41, 5.74) is 6.65. The largest absolute Gasteiger partial charge is 0.497 e. The Bertz CT molecular complexity index is 1380. The van der Waals surface area contributed by atoms with Crippen LogP contribution < -0.4 is 9.47 Å². The normalized spacial score (nSPS) is 25.2. The molecule has 0 N–H and O–H groups in total. The molecule has 198 valence electrons. The fourth-order valence-electron chi connectivity index (χ4n) is 7.47. The average molecular weight is 513 g/mol. The maximum absolute atomic E-state index is 15.1. The highest BCUT2D eigenvalue weighted by atomic mass is 19.1. The van der Waals surface area contributed by atoms with Gasteiger partial charge in [0.15, 0.2) is 0 Å². The van der Waals surface area contributed by atoms with Crippen molar-refractivity contribution in [2.45, 2.75) is 76.7 Å². The molecular weight excluding hydrogens is 475 g/mol. The zero-order chi connectivity index (χ0) is 26.5. The van der Waals surface area contributed by atoms with Crippen LogP contribution in [0.25, 0.3) is 11.1 Å². The van der Waals surface area contributed by atoms with Gasteiger partial charge in [0.2, 0.25) is 0 Å². The van der Waals surface area contributed by atoms with Gasteiger partial charge >= 0.3 is 0 Å². The summed E-state index contributed by atoms with van der Waals surface area (Å²) in [6, 6.07) is 17.7. The Morgan fingerprint density at radius 1 is 0.947 bits per heavy atom. The second-order valence-electron chi connectivity index (χ2n) is 12.2. The summed E-state index contributed by atoms with van der Waals surface area (Å²) in [6.07, 6.45) is 8.80. The first-order valence-electron chi connectivity index (χ1n) is 14.0. The summed E-state index contributed by atoms with van der Waals surface area (Å²) < 4.78 is 26.8. The van der Waals surface area contributed by atoms with E-state index in [9.17, 15) is 4.79 Å². The van der Waals surface area contributed by atoms with Crippen molar-refractivity contribution in [2.24, 2.45) is 11.3 Å². The Kier molecular flexibility index (Phi) is 6.32. The number of aryl methyl sites for hydroxylation is 1. The predicted octanol–water partition coefficient (Wildman–Crippen LogP) is 8.17. The van der Waals surface area contributed by atoms with Crippen LogP contribution in [0.3, 0.4) is 0 Å². The lowest BCUT2D eigenvalue weighted by atomic mass is 9.58. The molecule has 3 aliphatic carbocycles. The van der Waals surface area contributed by atoms with E-state index in [4.69, 9.17) is 9.47 Å². The molecule has 0 radical (unpaired) electrons. The van der Waals surface area contributed by atoms with E-state index < -0.39 is 0 Å². The van der Waals surface area contributed by atoms with Crippen molar-refractivity contribution in [3.05, 3.63) is 82.7 Å². The molecule has 3 aromatic carbocycles. The first-order chi connectivity index (χ1) is 18.3. The number of methoxy groups -OCH3 is 1. The quantitative estimate of drug-likeness (QED) is 0.300. The van der Waals surface area contributed by atoms with Crippen molar-refractivity contribution < 1.29 is 18.7 Å². The van der Waals surface area contributed by atoms with Crippen LogP contribution in [0.5, 0.6) is 11.5 Å². The van der Waals surface area contributed by atoms with Crippen LogP contribution in [-0.2, 0) is 23.2 Å². The highest BCUT2D eigenvalue weighted by molar-refractivity contribution is 5.71. The van der Waals surface area contributed by atoms with Gasteiger partial charge in [-0.25, -0.2) is 4.39 Å². The summed E-state index contributed by atoms with van der Waals surface area (Å²) in [6.45, 7) is 5.10. The number of benzene rings is 3. The lowest BCUT2D eigenvalue weighted by molar-refractivity contribution is -0.116. The maximum Gasteiger partial charge on any atom is 0.131 e. The highest BCUT2D eigenvalue weighted by Gasteiger charge is 2.51. The summed E-state index contributed by atoms with van der Waals surface area (Å²) in [4.78, 5) is 11.7. The van der Waals surface area contributed by atoms with Gasteiger partial charge in [0.05, 0.1) is 7.11 Å². The molecule has 0 unspecified atom stereocenters. The summed E-state index contributed by atoms with van der Waals surface area (Å²) in [7, 11) is 1.61. The van der Waals surface area contributed by atoms with Crippen LogP contribution in [-0.4, -0.2) is 13.4 Å². The molecule has 0 aromatic heterocycles. The molecule has 0 saturated heterocycles. The van der Waals surface area contributed by atoms with Gasteiger partial charge in [0.1, 0.15) is 30.2 Å². The van der Waals surface area contributed by atoms with Crippen molar-refractivity contribution in [1.82, 2.24) is 0 Å². The Morgan fingerprint density at radius 3 is 2.50 bits per heavy atom. The van der Waals surface area contributed by atoms with Gasteiger partial charge in [-0.3, -0.25) is 0 Å². The van der Waals surface area contributed by atoms with Crippen LogP contribution in [0, 0.1) is 17.2 Å². The zero-order valence-corrected chi connectivity index (χ0v) is 22.7. The van der Waals surface area contributed by atoms with Gasteiger partial charge in [-0.05, 0) is 108 Å². The summed E-state index contributed by atoms with van der Waals surface area (Å²) in [5, 5.41) is 0. The maximum atomic E-state index is 15.1. The second kappa shape index (κ2) is 9.55. The number of hydrogen-bond donors (Lipinski definition) is 0.